The molecule has 0 bridgehead atoms. The quantitative estimate of drug-likeness (QED) is 0.760. The second kappa shape index (κ2) is 5.53. The molecule has 0 saturated heterocycles. The molecule has 0 aromatic rings. The van der Waals surface area contributed by atoms with Crippen LogP contribution in [0.25, 0.3) is 0 Å². The van der Waals surface area contributed by atoms with Gasteiger partial charge in [-0.3, -0.25) is 0 Å². The molecule has 0 spiro atoms. The molecule has 0 radical (unpaired) electrons. The maximum atomic E-state index is 3.99. The van der Waals surface area contributed by atoms with Crippen molar-refractivity contribution < 1.29 is 0 Å². The highest BCUT2D eigenvalue weighted by molar-refractivity contribution is 4.91. The summed E-state index contributed by atoms with van der Waals surface area (Å²) in [5, 5.41) is 3.99. The molecule has 94 valence electrons. The van der Waals surface area contributed by atoms with E-state index in [4.69, 9.17) is 0 Å². The second-order valence-electron chi connectivity index (χ2n) is 6.08. The monoisotopic (exact) mass is 223 g/mol. The topological polar surface area (TPSA) is 12.0 Å². The van der Waals surface area contributed by atoms with Crippen molar-refractivity contribution >= 4 is 0 Å². The van der Waals surface area contributed by atoms with Crippen molar-refractivity contribution in [2.45, 2.75) is 77.8 Å². The second-order valence-corrected chi connectivity index (χ2v) is 6.08. The van der Waals surface area contributed by atoms with Crippen LogP contribution in [0.2, 0.25) is 0 Å². The highest BCUT2D eigenvalue weighted by atomic mass is 15.0. The molecule has 0 aliphatic heterocycles. The fourth-order valence-corrected chi connectivity index (χ4v) is 4.08. The lowest BCUT2D eigenvalue weighted by molar-refractivity contribution is 0.289. The van der Waals surface area contributed by atoms with Crippen molar-refractivity contribution in [3.8, 4) is 0 Å². The molecule has 16 heavy (non-hydrogen) atoms. The molecule has 5 unspecified atom stereocenters. The van der Waals surface area contributed by atoms with Crippen LogP contribution in [-0.2, 0) is 0 Å². The van der Waals surface area contributed by atoms with E-state index in [1.54, 1.807) is 0 Å². The average Bonchev–Trinajstić information content (AvgIpc) is 2.87. The van der Waals surface area contributed by atoms with Crippen LogP contribution in [0.15, 0.2) is 0 Å². The minimum atomic E-state index is 0.821. The molecule has 0 heterocycles. The molecule has 2 aliphatic rings. The predicted octanol–water partition coefficient (Wildman–Crippen LogP) is 3.98. The Kier molecular flexibility index (Phi) is 4.29. The van der Waals surface area contributed by atoms with Crippen molar-refractivity contribution in [3.05, 3.63) is 0 Å². The molecular weight excluding hydrogens is 194 g/mol. The van der Waals surface area contributed by atoms with Gasteiger partial charge >= 0.3 is 0 Å². The third-order valence-corrected chi connectivity index (χ3v) is 5.36. The van der Waals surface area contributed by atoms with Gasteiger partial charge in [0.25, 0.3) is 0 Å². The van der Waals surface area contributed by atoms with E-state index in [1.807, 2.05) is 0 Å². The Balaban J connectivity index is 1.85. The number of hydrogen-bond donors (Lipinski definition) is 1. The molecule has 1 heteroatoms. The zero-order valence-corrected chi connectivity index (χ0v) is 11.3. The van der Waals surface area contributed by atoms with Crippen molar-refractivity contribution in [3.63, 3.8) is 0 Å². The van der Waals surface area contributed by atoms with E-state index in [0.717, 1.165) is 29.8 Å². The molecule has 1 N–H and O–H groups in total. The fourth-order valence-electron chi connectivity index (χ4n) is 4.08. The Morgan fingerprint density at radius 3 is 2.25 bits per heavy atom. The number of rotatable bonds is 4. The summed E-state index contributed by atoms with van der Waals surface area (Å²) in [4.78, 5) is 0. The van der Waals surface area contributed by atoms with E-state index < -0.39 is 0 Å². The standard InChI is InChI=1S/C15H29N/c1-4-12-9-10-14(11(12)3)16-15-8-6-7-13(15)5-2/h11-16H,4-10H2,1-3H3. The van der Waals surface area contributed by atoms with Gasteiger partial charge in [0, 0.05) is 12.1 Å². The van der Waals surface area contributed by atoms with Gasteiger partial charge in [-0.2, -0.15) is 0 Å². The van der Waals surface area contributed by atoms with Gasteiger partial charge < -0.3 is 5.32 Å². The number of hydrogen-bond acceptors (Lipinski definition) is 1. The van der Waals surface area contributed by atoms with E-state index in [9.17, 15) is 0 Å². The minimum Gasteiger partial charge on any atom is -0.311 e. The Morgan fingerprint density at radius 1 is 0.875 bits per heavy atom. The molecule has 0 aromatic carbocycles. The summed E-state index contributed by atoms with van der Waals surface area (Å²) >= 11 is 0. The van der Waals surface area contributed by atoms with E-state index in [0.29, 0.717) is 0 Å². The average molecular weight is 223 g/mol. The first-order chi connectivity index (χ1) is 7.76. The Bertz CT molecular complexity index is 213. The van der Waals surface area contributed by atoms with Crippen LogP contribution in [-0.4, -0.2) is 12.1 Å². The van der Waals surface area contributed by atoms with Gasteiger partial charge in [0.05, 0.1) is 0 Å². The van der Waals surface area contributed by atoms with Gasteiger partial charge in [-0.25, -0.2) is 0 Å². The highest BCUT2D eigenvalue weighted by Gasteiger charge is 2.35. The summed E-state index contributed by atoms with van der Waals surface area (Å²) in [6.07, 6.45) is 9.97. The summed E-state index contributed by atoms with van der Waals surface area (Å²) in [6, 6.07) is 1.66. The molecule has 0 aromatic heterocycles. The summed E-state index contributed by atoms with van der Waals surface area (Å²) in [5.74, 6) is 2.86. The predicted molar refractivity (Wildman–Crippen MR) is 70.5 cm³/mol. The van der Waals surface area contributed by atoms with Gasteiger partial charge in [0.2, 0.25) is 0 Å². The van der Waals surface area contributed by atoms with Crippen molar-refractivity contribution in [2.24, 2.45) is 17.8 Å². The first-order valence-electron chi connectivity index (χ1n) is 7.52. The first kappa shape index (κ1) is 12.4. The molecule has 0 amide bonds. The maximum Gasteiger partial charge on any atom is 0.00981 e. The lowest BCUT2D eigenvalue weighted by atomic mass is 9.92. The van der Waals surface area contributed by atoms with Gasteiger partial charge in [-0.15, -0.1) is 0 Å². The smallest absolute Gasteiger partial charge is 0.00981 e. The zero-order valence-electron chi connectivity index (χ0n) is 11.3. The van der Waals surface area contributed by atoms with Crippen LogP contribution in [0.5, 0.6) is 0 Å². The van der Waals surface area contributed by atoms with E-state index in [1.165, 1.54) is 44.9 Å². The molecule has 2 fully saturated rings. The summed E-state index contributed by atoms with van der Waals surface area (Å²) in [7, 11) is 0. The third-order valence-electron chi connectivity index (χ3n) is 5.36. The molecule has 2 saturated carbocycles. The maximum absolute atomic E-state index is 3.99. The molecular formula is C15H29N. The van der Waals surface area contributed by atoms with E-state index in [-0.39, 0.29) is 0 Å². The highest BCUT2D eigenvalue weighted by Crippen LogP contribution is 2.36. The molecule has 5 atom stereocenters. The molecule has 2 rings (SSSR count). The van der Waals surface area contributed by atoms with E-state index >= 15 is 0 Å². The first-order valence-corrected chi connectivity index (χ1v) is 7.52. The third kappa shape index (κ3) is 2.45. The van der Waals surface area contributed by atoms with Crippen LogP contribution < -0.4 is 5.32 Å². The molecule has 1 nitrogen and oxygen atoms in total. The van der Waals surface area contributed by atoms with Gasteiger partial charge in [0.1, 0.15) is 0 Å². The van der Waals surface area contributed by atoms with Crippen LogP contribution >= 0.6 is 0 Å². The Labute approximate surface area is 101 Å². The summed E-state index contributed by atoms with van der Waals surface area (Å²) in [5.41, 5.74) is 0. The van der Waals surface area contributed by atoms with Gasteiger partial charge in [0.15, 0.2) is 0 Å². The van der Waals surface area contributed by atoms with Crippen LogP contribution in [0.4, 0.5) is 0 Å². The minimum absolute atomic E-state index is 0.821. The SMILES string of the molecule is CCC1CCCC1NC1CCC(CC)C1C. The van der Waals surface area contributed by atoms with Crippen molar-refractivity contribution in [2.75, 3.05) is 0 Å². The normalized spacial score (nSPS) is 44.1. The fraction of sp³-hybridized carbons (Fsp3) is 1.00. The van der Waals surface area contributed by atoms with E-state index in [2.05, 4.69) is 26.1 Å². The van der Waals surface area contributed by atoms with Crippen LogP contribution in [0, 0.1) is 17.8 Å². The summed E-state index contributed by atoms with van der Waals surface area (Å²) < 4.78 is 0. The van der Waals surface area contributed by atoms with Crippen LogP contribution in [0.1, 0.15) is 65.7 Å². The molecule has 2 aliphatic carbocycles. The van der Waals surface area contributed by atoms with Gasteiger partial charge in [-0.05, 0) is 43.4 Å². The lowest BCUT2D eigenvalue weighted by Gasteiger charge is -2.28. The largest absolute Gasteiger partial charge is 0.311 e. The lowest BCUT2D eigenvalue weighted by Crippen LogP contribution is -2.42. The Morgan fingerprint density at radius 2 is 1.62 bits per heavy atom. The summed E-state index contributed by atoms with van der Waals surface area (Å²) in [6.45, 7) is 7.18. The van der Waals surface area contributed by atoms with Crippen molar-refractivity contribution in [1.29, 1.82) is 0 Å². The van der Waals surface area contributed by atoms with Crippen LogP contribution in [0.3, 0.4) is 0 Å². The Hall–Kier alpha value is -0.0400. The number of nitrogens with one attached hydrogen (secondary N) is 1. The van der Waals surface area contributed by atoms with Crippen molar-refractivity contribution in [1.82, 2.24) is 5.32 Å². The van der Waals surface area contributed by atoms with Gasteiger partial charge in [-0.1, -0.05) is 40.0 Å². The zero-order chi connectivity index (χ0) is 11.5.